The molecule has 0 saturated carbocycles. The zero-order valence-electron chi connectivity index (χ0n) is 14.1. The van der Waals surface area contributed by atoms with Gasteiger partial charge in [0.2, 0.25) is 0 Å². The van der Waals surface area contributed by atoms with Crippen LogP contribution in [0.1, 0.15) is 18.2 Å². The number of halogens is 2. The van der Waals surface area contributed by atoms with Crippen LogP contribution in [0, 0.1) is 12.7 Å². The Hall–Kier alpha value is -2.39. The van der Waals surface area contributed by atoms with Gasteiger partial charge in [0, 0.05) is 29.4 Å². The lowest BCUT2D eigenvalue weighted by Crippen LogP contribution is -2.15. The summed E-state index contributed by atoms with van der Waals surface area (Å²) in [5.74, 6) is -0.321. The molecule has 2 heterocycles. The first-order chi connectivity index (χ1) is 12.3. The molecule has 2 aromatic heterocycles. The van der Waals surface area contributed by atoms with Gasteiger partial charge in [0.05, 0.1) is 18.4 Å². The fourth-order valence-corrected chi connectivity index (χ4v) is 3.95. The minimum Gasteiger partial charge on any atom is -0.269 e. The Balaban J connectivity index is 1.81. The first kappa shape index (κ1) is 18.4. The molecule has 1 N–H and O–H groups in total. The Labute approximate surface area is 155 Å². The van der Waals surface area contributed by atoms with E-state index in [4.69, 9.17) is 11.6 Å². The Morgan fingerprint density at radius 1 is 1.31 bits per heavy atom. The highest BCUT2D eigenvalue weighted by Gasteiger charge is 2.21. The van der Waals surface area contributed by atoms with Gasteiger partial charge in [-0.05, 0) is 26.0 Å². The second kappa shape index (κ2) is 7.08. The van der Waals surface area contributed by atoms with Gasteiger partial charge in [-0.25, -0.2) is 12.8 Å². The number of aryl methyl sites for hydroxylation is 1. The van der Waals surface area contributed by atoms with Gasteiger partial charge in [-0.2, -0.15) is 10.2 Å². The highest BCUT2D eigenvalue weighted by Crippen LogP contribution is 2.21. The minimum atomic E-state index is -3.82. The van der Waals surface area contributed by atoms with Crippen molar-refractivity contribution >= 4 is 27.4 Å². The molecular weight excluding hydrogens is 381 g/mol. The summed E-state index contributed by atoms with van der Waals surface area (Å²) in [7, 11) is -3.82. The average Bonchev–Trinajstić information content (AvgIpc) is 3.17. The number of benzene rings is 1. The lowest BCUT2D eigenvalue weighted by molar-refractivity contribution is 0.585. The summed E-state index contributed by atoms with van der Waals surface area (Å²) in [5, 5.41) is 8.45. The number of nitrogens with one attached hydrogen (secondary N) is 1. The van der Waals surface area contributed by atoms with E-state index in [9.17, 15) is 12.8 Å². The van der Waals surface area contributed by atoms with Crippen LogP contribution in [0.25, 0.3) is 0 Å². The van der Waals surface area contributed by atoms with E-state index >= 15 is 0 Å². The predicted molar refractivity (Wildman–Crippen MR) is 96.2 cm³/mol. The van der Waals surface area contributed by atoms with Crippen molar-refractivity contribution in [2.24, 2.45) is 0 Å². The minimum absolute atomic E-state index is 0.0834. The van der Waals surface area contributed by atoms with Crippen LogP contribution in [0.5, 0.6) is 0 Å². The van der Waals surface area contributed by atoms with Crippen molar-refractivity contribution in [2.75, 3.05) is 4.72 Å². The van der Waals surface area contributed by atoms with Crippen LogP contribution in [-0.2, 0) is 23.1 Å². The molecule has 0 saturated heterocycles. The second-order valence-electron chi connectivity index (χ2n) is 5.61. The molecule has 1 aromatic carbocycles. The number of anilines is 1. The predicted octanol–water partition coefficient (Wildman–Crippen LogP) is 3.05. The molecular formula is C16H17ClFN5O2S. The van der Waals surface area contributed by atoms with Crippen LogP contribution < -0.4 is 4.72 Å². The number of rotatable bonds is 6. The van der Waals surface area contributed by atoms with E-state index in [1.165, 1.54) is 29.1 Å². The lowest BCUT2D eigenvalue weighted by atomic mass is 10.2. The maximum Gasteiger partial charge on any atom is 0.266 e. The summed E-state index contributed by atoms with van der Waals surface area (Å²) in [4.78, 5) is 0.0889. The molecule has 7 nitrogen and oxygen atoms in total. The summed E-state index contributed by atoms with van der Waals surface area (Å²) >= 11 is 6.00. The van der Waals surface area contributed by atoms with Gasteiger partial charge in [0.1, 0.15) is 10.7 Å². The smallest absolute Gasteiger partial charge is 0.266 e. The lowest BCUT2D eigenvalue weighted by Gasteiger charge is -2.07. The summed E-state index contributed by atoms with van der Waals surface area (Å²) < 4.78 is 44.3. The van der Waals surface area contributed by atoms with E-state index in [2.05, 4.69) is 14.9 Å². The standard InChI is InChI=1S/C16H17ClFN5O2S/c1-3-23-11(2)15(9-19-23)26(24,25)21-16-7-8-22(20-16)10-12-13(17)5-4-6-14(12)18/h4-9H,3,10H2,1-2H3,(H,20,21). The fourth-order valence-electron chi connectivity index (χ4n) is 2.55. The molecule has 26 heavy (non-hydrogen) atoms. The van der Waals surface area contributed by atoms with Crippen molar-refractivity contribution in [3.8, 4) is 0 Å². The normalized spacial score (nSPS) is 11.7. The maximum absolute atomic E-state index is 13.9. The number of hydrogen-bond acceptors (Lipinski definition) is 4. The first-order valence-corrected chi connectivity index (χ1v) is 9.69. The van der Waals surface area contributed by atoms with Gasteiger partial charge in [-0.3, -0.25) is 14.1 Å². The van der Waals surface area contributed by atoms with Crippen molar-refractivity contribution in [2.45, 2.75) is 31.8 Å². The van der Waals surface area contributed by atoms with Crippen LogP contribution >= 0.6 is 11.6 Å². The Morgan fingerprint density at radius 2 is 2.08 bits per heavy atom. The molecule has 3 aromatic rings. The zero-order valence-corrected chi connectivity index (χ0v) is 15.7. The van der Waals surface area contributed by atoms with Crippen LogP contribution in [0.15, 0.2) is 41.6 Å². The third-order valence-corrected chi connectivity index (χ3v) is 5.72. The first-order valence-electron chi connectivity index (χ1n) is 7.83. The highest BCUT2D eigenvalue weighted by molar-refractivity contribution is 7.92. The summed E-state index contributed by atoms with van der Waals surface area (Å²) in [6, 6.07) is 5.90. The van der Waals surface area contributed by atoms with Gasteiger partial charge >= 0.3 is 0 Å². The average molecular weight is 398 g/mol. The fraction of sp³-hybridized carbons (Fsp3) is 0.250. The molecule has 0 unspecified atom stereocenters. The Bertz CT molecular complexity index is 1020. The molecule has 138 valence electrons. The molecule has 0 amide bonds. The molecule has 0 aliphatic carbocycles. The van der Waals surface area contributed by atoms with Crippen LogP contribution in [0.4, 0.5) is 10.2 Å². The van der Waals surface area contributed by atoms with Crippen LogP contribution in [0.3, 0.4) is 0 Å². The number of sulfonamides is 1. The highest BCUT2D eigenvalue weighted by atomic mass is 35.5. The molecule has 0 fully saturated rings. The van der Waals surface area contributed by atoms with Gasteiger partial charge in [0.25, 0.3) is 10.0 Å². The number of hydrogen-bond donors (Lipinski definition) is 1. The molecule has 0 spiro atoms. The summed E-state index contributed by atoms with van der Waals surface area (Å²) in [5.41, 5.74) is 0.823. The van der Waals surface area contributed by atoms with Crippen LogP contribution in [-0.4, -0.2) is 28.0 Å². The molecule has 0 atom stereocenters. The summed E-state index contributed by atoms with van der Waals surface area (Å²) in [6.07, 6.45) is 2.85. The van der Waals surface area contributed by atoms with Crippen molar-refractivity contribution in [1.82, 2.24) is 19.6 Å². The van der Waals surface area contributed by atoms with Crippen molar-refractivity contribution in [3.63, 3.8) is 0 Å². The molecule has 0 radical (unpaired) electrons. The number of nitrogens with zero attached hydrogens (tertiary/aromatic N) is 4. The zero-order chi connectivity index (χ0) is 18.9. The van der Waals surface area contributed by atoms with E-state index in [1.807, 2.05) is 6.92 Å². The van der Waals surface area contributed by atoms with Gasteiger partial charge in [-0.15, -0.1) is 0 Å². The second-order valence-corrected chi connectivity index (χ2v) is 7.67. The van der Waals surface area contributed by atoms with E-state index in [-0.39, 0.29) is 27.8 Å². The molecule has 0 aliphatic rings. The Morgan fingerprint density at radius 3 is 2.73 bits per heavy atom. The third kappa shape index (κ3) is 3.58. The maximum atomic E-state index is 13.9. The molecule has 3 rings (SSSR count). The van der Waals surface area contributed by atoms with E-state index < -0.39 is 15.8 Å². The topological polar surface area (TPSA) is 81.8 Å². The third-order valence-electron chi connectivity index (χ3n) is 3.91. The van der Waals surface area contributed by atoms with E-state index in [0.29, 0.717) is 12.2 Å². The SMILES string of the molecule is CCn1ncc(S(=O)(=O)Nc2ccn(Cc3c(F)cccc3Cl)n2)c1C. The largest absolute Gasteiger partial charge is 0.269 e. The summed E-state index contributed by atoms with van der Waals surface area (Å²) in [6.45, 7) is 4.21. The molecule has 0 aliphatic heterocycles. The molecule has 0 bridgehead atoms. The van der Waals surface area contributed by atoms with Gasteiger partial charge in [0.15, 0.2) is 5.82 Å². The van der Waals surface area contributed by atoms with Crippen molar-refractivity contribution in [1.29, 1.82) is 0 Å². The van der Waals surface area contributed by atoms with Crippen LogP contribution in [0.2, 0.25) is 5.02 Å². The van der Waals surface area contributed by atoms with E-state index in [1.54, 1.807) is 23.9 Å². The Kier molecular flexibility index (Phi) is 5.01. The van der Waals surface area contributed by atoms with Gasteiger partial charge < -0.3 is 0 Å². The van der Waals surface area contributed by atoms with E-state index in [0.717, 1.165) is 0 Å². The van der Waals surface area contributed by atoms with Crippen molar-refractivity contribution < 1.29 is 12.8 Å². The number of aromatic nitrogens is 4. The monoisotopic (exact) mass is 397 g/mol. The molecule has 10 heteroatoms. The van der Waals surface area contributed by atoms with Crippen molar-refractivity contribution in [3.05, 3.63) is 58.8 Å². The quantitative estimate of drug-likeness (QED) is 0.693. The van der Waals surface area contributed by atoms with Gasteiger partial charge in [-0.1, -0.05) is 17.7 Å².